The van der Waals surface area contributed by atoms with Gasteiger partial charge in [0.1, 0.15) is 11.8 Å². The molecule has 49 heavy (non-hydrogen) atoms. The highest BCUT2D eigenvalue weighted by Crippen LogP contribution is 2.44. The molecule has 4 fully saturated rings. The molecular weight excluding hydrogens is 626 g/mol. The van der Waals surface area contributed by atoms with E-state index in [2.05, 4.69) is 21.1 Å². The van der Waals surface area contributed by atoms with Gasteiger partial charge in [-0.25, -0.2) is 0 Å². The SMILES string of the molecule is CCC[C@H](NC(=O)[C@@H]1[C@H]2CCC[C@H]2CN1C(=O)[C@@H](CC(=O)[C@@H](NC(=O)c1cc(C)on1)C1CCCCC1)C(C)(C)C)C(O)C(=O)NC1CC1. The van der Waals surface area contributed by atoms with Crippen LogP contribution in [0, 0.1) is 36.0 Å². The van der Waals surface area contributed by atoms with Gasteiger partial charge in [0, 0.05) is 31.0 Å². The van der Waals surface area contributed by atoms with Crippen LogP contribution in [-0.4, -0.2) is 81.4 Å². The highest BCUT2D eigenvalue weighted by atomic mass is 16.5. The number of aliphatic hydroxyl groups excluding tert-OH is 1. The molecule has 4 amide bonds. The zero-order valence-corrected chi connectivity index (χ0v) is 30.0. The minimum atomic E-state index is -1.39. The second-order valence-electron chi connectivity index (χ2n) is 16.2. The van der Waals surface area contributed by atoms with Crippen molar-refractivity contribution in [1.29, 1.82) is 0 Å². The second kappa shape index (κ2) is 15.7. The Hall–Kier alpha value is -3.28. The van der Waals surface area contributed by atoms with E-state index in [1.54, 1.807) is 11.8 Å². The number of Topliss-reactive ketones (excluding diaryl/α,β-unsaturated/α-hetero) is 1. The van der Waals surface area contributed by atoms with E-state index in [9.17, 15) is 29.1 Å². The van der Waals surface area contributed by atoms with Crippen LogP contribution in [0.2, 0.25) is 0 Å². The fraction of sp³-hybridized carbons (Fsp3) is 0.784. The molecule has 4 aliphatic rings. The van der Waals surface area contributed by atoms with E-state index in [0.717, 1.165) is 64.2 Å². The molecule has 1 aliphatic heterocycles. The Bertz CT molecular complexity index is 1360. The van der Waals surface area contributed by atoms with E-state index < -0.39 is 47.4 Å². The summed E-state index contributed by atoms with van der Waals surface area (Å²) in [6, 6.07) is -0.670. The molecule has 0 radical (unpaired) electrons. The number of nitrogens with zero attached hydrogens (tertiary/aromatic N) is 2. The van der Waals surface area contributed by atoms with E-state index in [1.165, 1.54) is 6.07 Å². The monoisotopic (exact) mass is 683 g/mol. The van der Waals surface area contributed by atoms with Crippen molar-refractivity contribution >= 4 is 29.4 Å². The number of hydrogen-bond donors (Lipinski definition) is 4. The molecule has 5 rings (SSSR count). The third kappa shape index (κ3) is 8.91. The van der Waals surface area contributed by atoms with Crippen LogP contribution in [0.4, 0.5) is 0 Å². The maximum absolute atomic E-state index is 14.7. The molecular formula is C37H57N5O7. The first-order valence-corrected chi connectivity index (χ1v) is 18.6. The predicted octanol–water partition coefficient (Wildman–Crippen LogP) is 3.83. The van der Waals surface area contributed by atoms with Crippen molar-refractivity contribution in [3.8, 4) is 0 Å². The van der Waals surface area contributed by atoms with Crippen molar-refractivity contribution in [1.82, 2.24) is 26.0 Å². The lowest BCUT2D eigenvalue weighted by molar-refractivity contribution is -0.148. The first kappa shape index (κ1) is 37.0. The van der Waals surface area contributed by atoms with Crippen LogP contribution in [0.5, 0.6) is 0 Å². The Labute approximate surface area is 290 Å². The molecule has 4 N–H and O–H groups in total. The average molecular weight is 684 g/mol. The maximum Gasteiger partial charge on any atom is 0.274 e. The molecule has 0 aromatic carbocycles. The van der Waals surface area contributed by atoms with Gasteiger partial charge in [-0.2, -0.15) is 0 Å². The van der Waals surface area contributed by atoms with Crippen molar-refractivity contribution in [2.45, 2.75) is 148 Å². The Balaban J connectivity index is 1.35. The second-order valence-corrected chi connectivity index (χ2v) is 16.2. The Morgan fingerprint density at radius 1 is 1.00 bits per heavy atom. The molecule has 1 unspecified atom stereocenters. The molecule has 12 heteroatoms. The van der Waals surface area contributed by atoms with Gasteiger partial charge >= 0.3 is 0 Å². The van der Waals surface area contributed by atoms with Gasteiger partial charge in [-0.1, -0.05) is 65.0 Å². The first-order chi connectivity index (χ1) is 23.3. The van der Waals surface area contributed by atoms with Gasteiger partial charge < -0.3 is 30.5 Å². The number of ketones is 1. The summed E-state index contributed by atoms with van der Waals surface area (Å²) in [7, 11) is 0. The topological polar surface area (TPSA) is 171 Å². The van der Waals surface area contributed by atoms with Gasteiger partial charge in [-0.3, -0.25) is 24.0 Å². The predicted molar refractivity (Wildman–Crippen MR) is 182 cm³/mol. The number of carbonyl (C=O) groups is 5. The summed E-state index contributed by atoms with van der Waals surface area (Å²) >= 11 is 0. The lowest BCUT2D eigenvalue weighted by Gasteiger charge is -2.37. The Morgan fingerprint density at radius 2 is 1.71 bits per heavy atom. The number of fused-ring (bicyclic) bond motifs is 1. The smallest absolute Gasteiger partial charge is 0.274 e. The summed E-state index contributed by atoms with van der Waals surface area (Å²) in [5.41, 5.74) is -0.499. The molecule has 272 valence electrons. The summed E-state index contributed by atoms with van der Waals surface area (Å²) in [6.07, 6.45) is 8.73. The third-order valence-corrected chi connectivity index (χ3v) is 11.3. The van der Waals surface area contributed by atoms with Crippen molar-refractivity contribution in [2.24, 2.45) is 29.1 Å². The third-order valence-electron chi connectivity index (χ3n) is 11.3. The van der Waals surface area contributed by atoms with Crippen LogP contribution in [0.15, 0.2) is 10.6 Å². The molecule has 2 heterocycles. The molecule has 7 atom stereocenters. The molecule has 0 bridgehead atoms. The number of amides is 4. The van der Waals surface area contributed by atoms with Crippen LogP contribution in [0.1, 0.15) is 127 Å². The number of aryl methyl sites for hydroxylation is 1. The lowest BCUT2D eigenvalue weighted by atomic mass is 9.74. The number of nitrogens with one attached hydrogen (secondary N) is 3. The standard InChI is InChI=1S/C37H57N5O7/c1-6-11-27(32(44)35(47)38-24-16-17-24)39-34(46)31-25-15-10-14-23(25)20-42(31)36(48)26(37(3,4)5)19-29(43)30(22-12-8-7-9-13-22)40-33(45)28-18-21(2)49-41-28/h18,22-27,30-32,44H,6-17,19-20H2,1-5H3,(H,38,47)(H,39,46)(H,40,45)/t23-,25-,26+,27-,30-,31-,32?/m0/s1. The van der Waals surface area contributed by atoms with Crippen molar-refractivity contribution in [3.63, 3.8) is 0 Å². The Morgan fingerprint density at radius 3 is 2.33 bits per heavy atom. The maximum atomic E-state index is 14.7. The average Bonchev–Trinajstić information content (AvgIpc) is 3.40. The van der Waals surface area contributed by atoms with Crippen LogP contribution in [0.3, 0.4) is 0 Å². The molecule has 0 spiro atoms. The van der Waals surface area contributed by atoms with Crippen molar-refractivity contribution in [3.05, 3.63) is 17.5 Å². The first-order valence-electron chi connectivity index (χ1n) is 18.6. The Kier molecular flexibility index (Phi) is 11.9. The van der Waals surface area contributed by atoms with Gasteiger partial charge in [0.2, 0.25) is 11.8 Å². The number of aliphatic hydroxyl groups is 1. The quantitative estimate of drug-likeness (QED) is 0.229. The van der Waals surface area contributed by atoms with Gasteiger partial charge in [-0.15, -0.1) is 0 Å². The zero-order valence-electron chi connectivity index (χ0n) is 30.0. The van der Waals surface area contributed by atoms with E-state index in [-0.39, 0.29) is 53.5 Å². The van der Waals surface area contributed by atoms with Crippen molar-refractivity contribution in [2.75, 3.05) is 6.54 Å². The normalized spacial score (nSPS) is 25.2. The molecule has 3 saturated carbocycles. The van der Waals surface area contributed by atoms with E-state index >= 15 is 0 Å². The minimum absolute atomic E-state index is 0.0276. The van der Waals surface area contributed by atoms with E-state index in [1.807, 2.05) is 27.7 Å². The number of carbonyl (C=O) groups excluding carboxylic acids is 5. The molecule has 1 aromatic heterocycles. The summed E-state index contributed by atoms with van der Waals surface area (Å²) in [6.45, 7) is 9.88. The molecule has 3 aliphatic carbocycles. The largest absolute Gasteiger partial charge is 0.381 e. The molecule has 1 saturated heterocycles. The minimum Gasteiger partial charge on any atom is -0.381 e. The number of aromatic nitrogens is 1. The van der Waals surface area contributed by atoms with Gasteiger partial charge in [-0.05, 0) is 75.0 Å². The van der Waals surface area contributed by atoms with Crippen LogP contribution < -0.4 is 16.0 Å². The number of rotatable bonds is 14. The number of likely N-dealkylation sites (tertiary alicyclic amines) is 1. The summed E-state index contributed by atoms with van der Waals surface area (Å²) < 4.78 is 5.10. The van der Waals surface area contributed by atoms with E-state index in [4.69, 9.17) is 4.52 Å². The highest BCUT2D eigenvalue weighted by molar-refractivity contribution is 5.98. The fourth-order valence-corrected chi connectivity index (χ4v) is 8.36. The molecule has 12 nitrogen and oxygen atoms in total. The van der Waals surface area contributed by atoms with Gasteiger partial charge in [0.15, 0.2) is 17.6 Å². The van der Waals surface area contributed by atoms with Gasteiger partial charge in [0.05, 0.1) is 12.1 Å². The summed E-state index contributed by atoms with van der Waals surface area (Å²) in [5.74, 6) is -1.88. The van der Waals surface area contributed by atoms with Crippen LogP contribution in [-0.2, 0) is 19.2 Å². The number of hydrogen-bond acceptors (Lipinski definition) is 8. The van der Waals surface area contributed by atoms with E-state index in [0.29, 0.717) is 25.1 Å². The zero-order chi connectivity index (χ0) is 35.5. The lowest BCUT2D eigenvalue weighted by Crippen LogP contribution is -2.57. The van der Waals surface area contributed by atoms with Crippen molar-refractivity contribution < 1.29 is 33.6 Å². The molecule has 1 aromatic rings. The highest BCUT2D eigenvalue weighted by Gasteiger charge is 2.52. The van der Waals surface area contributed by atoms with Crippen LogP contribution >= 0.6 is 0 Å². The fourth-order valence-electron chi connectivity index (χ4n) is 8.36. The van der Waals surface area contributed by atoms with Gasteiger partial charge in [0.25, 0.3) is 11.8 Å². The summed E-state index contributed by atoms with van der Waals surface area (Å²) in [5, 5.41) is 23.5. The van der Waals surface area contributed by atoms with Crippen LogP contribution in [0.25, 0.3) is 0 Å². The summed E-state index contributed by atoms with van der Waals surface area (Å²) in [4.78, 5) is 70.7.